The summed E-state index contributed by atoms with van der Waals surface area (Å²) in [5, 5.41) is 3.87. The van der Waals surface area contributed by atoms with Gasteiger partial charge in [0.25, 0.3) is 0 Å². The molecule has 0 aromatic heterocycles. The number of nitrogens with zero attached hydrogens (tertiary/aromatic N) is 7. The lowest BCUT2D eigenvalue weighted by Gasteiger charge is -2.48. The fourth-order valence-electron chi connectivity index (χ4n) is 8.36. The minimum atomic E-state index is 0.696. The third-order valence-electron chi connectivity index (χ3n) is 10.7. The molecule has 2 unspecified atom stereocenters. The number of hydrogen-bond donors (Lipinski definition) is 1. The van der Waals surface area contributed by atoms with Gasteiger partial charge in [-0.15, -0.1) is 0 Å². The van der Waals surface area contributed by atoms with Gasteiger partial charge >= 0.3 is 0 Å². The van der Waals surface area contributed by atoms with Crippen LogP contribution < -0.4 is 5.32 Å². The summed E-state index contributed by atoms with van der Waals surface area (Å²) in [7, 11) is 4.53. The minimum Gasteiger partial charge on any atom is -0.313 e. The standard InChI is InChI=1S/C29H56N8/c1-31-7-4-28(5-8-31)36-13-9-34(10-14-36)21-26-22-35(23-26)24-27-17-29(3-6-30-27)37-15-11-33(12-16-37)20-25-18-32(2)19-25/h25-30H,3-24H2,1-2H3. The summed E-state index contributed by atoms with van der Waals surface area (Å²) in [6.45, 7) is 23.3. The second kappa shape index (κ2) is 12.5. The van der Waals surface area contributed by atoms with Crippen molar-refractivity contribution in [3.63, 3.8) is 0 Å². The van der Waals surface area contributed by atoms with Crippen LogP contribution in [0.25, 0.3) is 0 Å². The molecule has 0 spiro atoms. The van der Waals surface area contributed by atoms with Crippen LogP contribution in [-0.4, -0.2) is 184 Å². The molecule has 6 fully saturated rings. The molecule has 0 saturated carbocycles. The highest BCUT2D eigenvalue weighted by atomic mass is 15.3. The van der Waals surface area contributed by atoms with E-state index in [1.54, 1.807) is 0 Å². The lowest BCUT2D eigenvalue weighted by molar-refractivity contribution is 0.0160. The molecule has 6 rings (SSSR count). The van der Waals surface area contributed by atoms with E-state index >= 15 is 0 Å². The summed E-state index contributed by atoms with van der Waals surface area (Å²) in [5.41, 5.74) is 0. The number of likely N-dealkylation sites (tertiary alicyclic amines) is 3. The highest BCUT2D eigenvalue weighted by Gasteiger charge is 2.35. The Bertz CT molecular complexity index is 686. The van der Waals surface area contributed by atoms with E-state index in [0.29, 0.717) is 6.04 Å². The summed E-state index contributed by atoms with van der Waals surface area (Å²) in [4.78, 5) is 18.8. The molecule has 0 aromatic rings. The van der Waals surface area contributed by atoms with Gasteiger partial charge in [0.2, 0.25) is 0 Å². The molecule has 6 aliphatic rings. The first kappa shape index (κ1) is 26.9. The zero-order chi connectivity index (χ0) is 25.2. The van der Waals surface area contributed by atoms with Crippen LogP contribution in [-0.2, 0) is 0 Å². The number of piperazine rings is 2. The third-order valence-corrected chi connectivity index (χ3v) is 10.7. The Balaban J connectivity index is 0.842. The van der Waals surface area contributed by atoms with E-state index in [4.69, 9.17) is 0 Å². The Morgan fingerprint density at radius 2 is 1.11 bits per heavy atom. The van der Waals surface area contributed by atoms with E-state index in [1.165, 1.54) is 143 Å². The summed E-state index contributed by atoms with van der Waals surface area (Å²) in [6.07, 6.45) is 5.45. The van der Waals surface area contributed by atoms with E-state index in [1.807, 2.05) is 0 Å². The van der Waals surface area contributed by atoms with E-state index in [9.17, 15) is 0 Å². The van der Waals surface area contributed by atoms with Gasteiger partial charge in [-0.2, -0.15) is 0 Å². The lowest BCUT2D eigenvalue weighted by Crippen LogP contribution is -2.60. The molecule has 8 heteroatoms. The van der Waals surface area contributed by atoms with Gasteiger partial charge in [0.05, 0.1) is 0 Å². The first-order valence-corrected chi connectivity index (χ1v) is 15.8. The minimum absolute atomic E-state index is 0.696. The highest BCUT2D eigenvalue weighted by Crippen LogP contribution is 2.24. The average Bonchev–Trinajstić information content (AvgIpc) is 2.88. The molecule has 0 radical (unpaired) electrons. The Kier molecular flexibility index (Phi) is 9.05. The molecule has 0 aliphatic carbocycles. The van der Waals surface area contributed by atoms with Crippen LogP contribution in [0.2, 0.25) is 0 Å². The Morgan fingerprint density at radius 1 is 0.541 bits per heavy atom. The number of nitrogens with one attached hydrogen (secondary N) is 1. The molecule has 6 saturated heterocycles. The SMILES string of the molecule is CN1CCC(N2CCN(CC3CN(CC4CC(N5CCN(CC6CN(C)C6)CC5)CCN4)C3)CC2)CC1. The van der Waals surface area contributed by atoms with Gasteiger partial charge in [-0.25, -0.2) is 0 Å². The molecule has 37 heavy (non-hydrogen) atoms. The molecule has 1 N–H and O–H groups in total. The van der Waals surface area contributed by atoms with Gasteiger partial charge in [-0.1, -0.05) is 0 Å². The van der Waals surface area contributed by atoms with Crippen molar-refractivity contribution in [3.05, 3.63) is 0 Å². The third kappa shape index (κ3) is 7.07. The molecule has 0 aromatic carbocycles. The van der Waals surface area contributed by atoms with Crippen molar-refractivity contribution in [1.82, 2.24) is 39.6 Å². The highest BCUT2D eigenvalue weighted by molar-refractivity contribution is 4.92. The smallest absolute Gasteiger partial charge is 0.0209 e. The van der Waals surface area contributed by atoms with Gasteiger partial charge in [0.15, 0.2) is 0 Å². The van der Waals surface area contributed by atoms with Crippen molar-refractivity contribution in [2.24, 2.45) is 11.8 Å². The van der Waals surface area contributed by atoms with Gasteiger partial charge < -0.3 is 29.8 Å². The van der Waals surface area contributed by atoms with Crippen LogP contribution in [0.1, 0.15) is 25.7 Å². The molecule has 6 aliphatic heterocycles. The second-order valence-electron chi connectivity index (χ2n) is 13.7. The van der Waals surface area contributed by atoms with Crippen LogP contribution in [0.4, 0.5) is 0 Å². The van der Waals surface area contributed by atoms with Crippen LogP contribution in [0, 0.1) is 11.8 Å². The first-order chi connectivity index (χ1) is 18.1. The Labute approximate surface area is 227 Å². The maximum Gasteiger partial charge on any atom is 0.0209 e. The van der Waals surface area contributed by atoms with E-state index in [0.717, 1.165) is 23.9 Å². The molecular weight excluding hydrogens is 460 g/mol. The second-order valence-corrected chi connectivity index (χ2v) is 13.7. The normalized spacial score (nSPS) is 34.5. The van der Waals surface area contributed by atoms with Crippen LogP contribution in [0.3, 0.4) is 0 Å². The van der Waals surface area contributed by atoms with E-state index < -0.39 is 0 Å². The maximum absolute atomic E-state index is 3.87. The van der Waals surface area contributed by atoms with Gasteiger partial charge in [-0.05, 0) is 71.2 Å². The summed E-state index contributed by atoms with van der Waals surface area (Å²) in [5.74, 6) is 1.83. The zero-order valence-corrected chi connectivity index (χ0v) is 24.1. The first-order valence-electron chi connectivity index (χ1n) is 15.8. The van der Waals surface area contributed by atoms with Crippen molar-refractivity contribution in [2.75, 3.05) is 132 Å². The Hall–Kier alpha value is -0.320. The maximum atomic E-state index is 3.87. The average molecular weight is 517 g/mol. The van der Waals surface area contributed by atoms with E-state index in [-0.39, 0.29) is 0 Å². The molecule has 2 atom stereocenters. The van der Waals surface area contributed by atoms with Crippen LogP contribution in [0.15, 0.2) is 0 Å². The van der Waals surface area contributed by atoms with Crippen molar-refractivity contribution in [3.8, 4) is 0 Å². The topological polar surface area (TPSA) is 34.7 Å². The summed E-state index contributed by atoms with van der Waals surface area (Å²) < 4.78 is 0. The number of hydrogen-bond acceptors (Lipinski definition) is 8. The van der Waals surface area contributed by atoms with Crippen LogP contribution >= 0.6 is 0 Å². The van der Waals surface area contributed by atoms with Gasteiger partial charge in [-0.3, -0.25) is 9.80 Å². The van der Waals surface area contributed by atoms with Crippen molar-refractivity contribution in [2.45, 2.75) is 43.8 Å². The van der Waals surface area contributed by atoms with Crippen molar-refractivity contribution < 1.29 is 0 Å². The molecule has 212 valence electrons. The molecule has 0 amide bonds. The predicted octanol–water partition coefficient (Wildman–Crippen LogP) is -0.0702. The van der Waals surface area contributed by atoms with Crippen molar-refractivity contribution in [1.29, 1.82) is 0 Å². The fourth-order valence-corrected chi connectivity index (χ4v) is 8.36. The summed E-state index contributed by atoms with van der Waals surface area (Å²) >= 11 is 0. The molecular formula is C29H56N8. The lowest BCUT2D eigenvalue weighted by atomic mass is 9.93. The quantitative estimate of drug-likeness (QED) is 0.481. The van der Waals surface area contributed by atoms with Crippen molar-refractivity contribution >= 4 is 0 Å². The molecule has 0 bridgehead atoms. The zero-order valence-electron chi connectivity index (χ0n) is 24.1. The number of piperidine rings is 2. The number of rotatable bonds is 8. The predicted molar refractivity (Wildman–Crippen MR) is 152 cm³/mol. The largest absolute Gasteiger partial charge is 0.313 e. The fraction of sp³-hybridized carbons (Fsp3) is 1.00. The van der Waals surface area contributed by atoms with Gasteiger partial charge in [0, 0.05) is 116 Å². The summed E-state index contributed by atoms with van der Waals surface area (Å²) in [6, 6.07) is 2.35. The molecule has 6 heterocycles. The monoisotopic (exact) mass is 516 g/mol. The Morgan fingerprint density at radius 3 is 1.70 bits per heavy atom. The molecule has 8 nitrogen and oxygen atoms in total. The van der Waals surface area contributed by atoms with Gasteiger partial charge in [0.1, 0.15) is 0 Å². The van der Waals surface area contributed by atoms with E-state index in [2.05, 4.69) is 53.7 Å². The van der Waals surface area contributed by atoms with Crippen LogP contribution in [0.5, 0.6) is 0 Å².